The zero-order valence-electron chi connectivity index (χ0n) is 9.69. The quantitative estimate of drug-likeness (QED) is 0.881. The minimum atomic E-state index is -1.09. The van der Waals surface area contributed by atoms with Gasteiger partial charge in [0.05, 0.1) is 17.5 Å². The van der Waals surface area contributed by atoms with Gasteiger partial charge in [-0.15, -0.1) is 0 Å². The molecule has 1 N–H and O–H groups in total. The zero-order valence-corrected chi connectivity index (χ0v) is 9.69. The van der Waals surface area contributed by atoms with Crippen molar-refractivity contribution in [1.29, 1.82) is 0 Å². The van der Waals surface area contributed by atoms with Crippen LogP contribution in [0.4, 0.5) is 0 Å². The number of hydrogen-bond donors (Lipinski definition) is 1. The fraction of sp³-hybridized carbons (Fsp3) is 0.333. The summed E-state index contributed by atoms with van der Waals surface area (Å²) in [6.07, 6.45) is 2.92. The predicted molar refractivity (Wildman–Crippen MR) is 59.9 cm³/mol. The van der Waals surface area contributed by atoms with Crippen LogP contribution in [0.5, 0.6) is 0 Å². The molecule has 2 aromatic heterocycles. The summed E-state index contributed by atoms with van der Waals surface area (Å²) in [5.74, 6) is -0.209. The number of aryl methyl sites for hydroxylation is 2. The molecule has 2 rings (SSSR count). The zero-order chi connectivity index (χ0) is 12.4. The Morgan fingerprint density at radius 3 is 2.82 bits per heavy atom. The lowest BCUT2D eigenvalue weighted by molar-refractivity contribution is 0.0661. The van der Waals surface area contributed by atoms with Crippen LogP contribution in [0, 0.1) is 6.92 Å². The predicted octanol–water partition coefficient (Wildman–Crippen LogP) is 2.89. The molecule has 0 fully saturated rings. The van der Waals surface area contributed by atoms with E-state index in [4.69, 9.17) is 13.9 Å². The smallest absolute Gasteiger partial charge is 0.373 e. The minimum absolute atomic E-state index is 0.0811. The number of carboxylic acids is 1. The van der Waals surface area contributed by atoms with E-state index in [2.05, 4.69) is 4.98 Å². The van der Waals surface area contributed by atoms with Crippen molar-refractivity contribution in [3.8, 4) is 11.5 Å². The standard InChI is InChI=1S/C12H13NO4/c1-3-4-9-10(12(14)15)17-11(13-9)8-5-6-16-7(8)2/h5-6H,3-4H2,1-2H3,(H,14,15). The molecule has 0 aliphatic heterocycles. The van der Waals surface area contributed by atoms with Crippen molar-refractivity contribution in [3.05, 3.63) is 29.5 Å². The summed E-state index contributed by atoms with van der Waals surface area (Å²) in [5, 5.41) is 9.02. The van der Waals surface area contributed by atoms with Crippen LogP contribution in [-0.2, 0) is 6.42 Å². The number of carboxylic acid groups (broad SMARTS) is 1. The normalized spacial score (nSPS) is 10.7. The Morgan fingerprint density at radius 1 is 1.53 bits per heavy atom. The Hall–Kier alpha value is -2.04. The Kier molecular flexibility index (Phi) is 2.99. The van der Waals surface area contributed by atoms with Gasteiger partial charge in [0.2, 0.25) is 11.7 Å². The topological polar surface area (TPSA) is 76.5 Å². The van der Waals surface area contributed by atoms with Crippen LogP contribution in [0.1, 0.15) is 35.4 Å². The van der Waals surface area contributed by atoms with Crippen LogP contribution in [-0.4, -0.2) is 16.1 Å². The van der Waals surface area contributed by atoms with E-state index in [-0.39, 0.29) is 5.76 Å². The van der Waals surface area contributed by atoms with E-state index in [0.717, 1.165) is 6.42 Å². The van der Waals surface area contributed by atoms with E-state index in [1.807, 2.05) is 6.92 Å². The molecule has 5 nitrogen and oxygen atoms in total. The van der Waals surface area contributed by atoms with E-state index in [1.54, 1.807) is 13.0 Å². The van der Waals surface area contributed by atoms with Crippen LogP contribution >= 0.6 is 0 Å². The van der Waals surface area contributed by atoms with Gasteiger partial charge in [-0.2, -0.15) is 0 Å². The molecule has 0 atom stereocenters. The second kappa shape index (κ2) is 4.45. The molecule has 0 saturated carbocycles. The van der Waals surface area contributed by atoms with Crippen molar-refractivity contribution in [2.45, 2.75) is 26.7 Å². The SMILES string of the molecule is CCCc1nc(-c2ccoc2C)oc1C(=O)O. The van der Waals surface area contributed by atoms with E-state index < -0.39 is 5.97 Å². The van der Waals surface area contributed by atoms with E-state index in [9.17, 15) is 4.79 Å². The average Bonchev–Trinajstić information content (AvgIpc) is 2.84. The molecular formula is C12H13NO4. The van der Waals surface area contributed by atoms with Crippen LogP contribution < -0.4 is 0 Å². The molecule has 0 spiro atoms. The van der Waals surface area contributed by atoms with Gasteiger partial charge in [0.15, 0.2) is 0 Å². The number of hydrogen-bond acceptors (Lipinski definition) is 4. The monoisotopic (exact) mass is 235 g/mol. The van der Waals surface area contributed by atoms with Gasteiger partial charge in [-0.25, -0.2) is 9.78 Å². The molecule has 0 bridgehead atoms. The highest BCUT2D eigenvalue weighted by molar-refractivity contribution is 5.86. The molecule has 2 aromatic rings. The van der Waals surface area contributed by atoms with Gasteiger partial charge in [0.25, 0.3) is 0 Å². The fourth-order valence-electron chi connectivity index (χ4n) is 1.65. The number of aromatic nitrogens is 1. The van der Waals surface area contributed by atoms with Gasteiger partial charge in [-0.1, -0.05) is 13.3 Å². The first kappa shape index (κ1) is 11.4. The van der Waals surface area contributed by atoms with Crippen molar-refractivity contribution in [1.82, 2.24) is 4.98 Å². The largest absolute Gasteiger partial charge is 0.475 e. The fourth-order valence-corrected chi connectivity index (χ4v) is 1.65. The Balaban J connectivity index is 2.47. The Labute approximate surface area is 98.1 Å². The molecule has 17 heavy (non-hydrogen) atoms. The van der Waals surface area contributed by atoms with Crippen LogP contribution in [0.25, 0.3) is 11.5 Å². The Morgan fingerprint density at radius 2 is 2.29 bits per heavy atom. The highest BCUT2D eigenvalue weighted by Gasteiger charge is 2.21. The summed E-state index contributed by atoms with van der Waals surface area (Å²) < 4.78 is 10.4. The van der Waals surface area contributed by atoms with Gasteiger partial charge in [-0.05, 0) is 19.4 Å². The van der Waals surface area contributed by atoms with Crippen LogP contribution in [0.3, 0.4) is 0 Å². The summed E-state index contributed by atoms with van der Waals surface area (Å²) in [7, 11) is 0. The summed E-state index contributed by atoms with van der Waals surface area (Å²) in [6, 6.07) is 1.71. The molecular weight excluding hydrogens is 222 g/mol. The summed E-state index contributed by atoms with van der Waals surface area (Å²) in [5.41, 5.74) is 1.17. The van der Waals surface area contributed by atoms with Crippen LogP contribution in [0.15, 0.2) is 21.2 Å². The van der Waals surface area contributed by atoms with Crippen molar-refractivity contribution in [3.63, 3.8) is 0 Å². The highest BCUT2D eigenvalue weighted by Crippen LogP contribution is 2.26. The third-order valence-electron chi connectivity index (χ3n) is 2.47. The Bertz CT molecular complexity index is 538. The summed E-state index contributed by atoms with van der Waals surface area (Å²) in [6.45, 7) is 3.74. The van der Waals surface area contributed by atoms with Crippen molar-refractivity contribution >= 4 is 5.97 Å². The molecule has 0 aromatic carbocycles. The second-order valence-electron chi connectivity index (χ2n) is 3.74. The molecule has 0 aliphatic rings. The molecule has 0 saturated heterocycles. The van der Waals surface area contributed by atoms with E-state index in [1.165, 1.54) is 6.26 Å². The first-order chi connectivity index (χ1) is 8.13. The van der Waals surface area contributed by atoms with Gasteiger partial charge in [-0.3, -0.25) is 0 Å². The van der Waals surface area contributed by atoms with E-state index >= 15 is 0 Å². The minimum Gasteiger partial charge on any atom is -0.475 e. The number of nitrogens with zero attached hydrogens (tertiary/aromatic N) is 1. The molecule has 0 amide bonds. The second-order valence-corrected chi connectivity index (χ2v) is 3.74. The lowest BCUT2D eigenvalue weighted by Gasteiger charge is -1.91. The maximum absolute atomic E-state index is 11.0. The molecule has 5 heteroatoms. The van der Waals surface area contributed by atoms with E-state index in [0.29, 0.717) is 29.3 Å². The van der Waals surface area contributed by atoms with Crippen molar-refractivity contribution in [2.75, 3.05) is 0 Å². The van der Waals surface area contributed by atoms with Crippen molar-refractivity contribution < 1.29 is 18.7 Å². The molecule has 90 valence electrons. The third kappa shape index (κ3) is 2.08. The maximum Gasteiger partial charge on any atom is 0.373 e. The highest BCUT2D eigenvalue weighted by atomic mass is 16.4. The number of aromatic carboxylic acids is 1. The molecule has 0 aliphatic carbocycles. The summed E-state index contributed by atoms with van der Waals surface area (Å²) >= 11 is 0. The van der Waals surface area contributed by atoms with Crippen LogP contribution in [0.2, 0.25) is 0 Å². The number of carbonyl (C=O) groups is 1. The number of rotatable bonds is 4. The lowest BCUT2D eigenvalue weighted by atomic mass is 10.2. The first-order valence-electron chi connectivity index (χ1n) is 5.41. The number of furan rings is 1. The maximum atomic E-state index is 11.0. The van der Waals surface area contributed by atoms with Gasteiger partial charge >= 0.3 is 5.97 Å². The van der Waals surface area contributed by atoms with Gasteiger partial charge in [0.1, 0.15) is 5.76 Å². The summed E-state index contributed by atoms with van der Waals surface area (Å²) in [4.78, 5) is 15.2. The van der Waals surface area contributed by atoms with Gasteiger partial charge < -0.3 is 13.9 Å². The van der Waals surface area contributed by atoms with Gasteiger partial charge in [0, 0.05) is 0 Å². The number of oxazole rings is 1. The van der Waals surface area contributed by atoms with Crippen molar-refractivity contribution in [2.24, 2.45) is 0 Å². The molecule has 0 radical (unpaired) electrons. The molecule has 2 heterocycles. The average molecular weight is 235 g/mol. The third-order valence-corrected chi connectivity index (χ3v) is 2.47. The first-order valence-corrected chi connectivity index (χ1v) is 5.41. The molecule has 0 unspecified atom stereocenters. The lowest BCUT2D eigenvalue weighted by Crippen LogP contribution is -1.99.